The summed E-state index contributed by atoms with van der Waals surface area (Å²) in [7, 11) is 1.91. The highest BCUT2D eigenvalue weighted by Crippen LogP contribution is 1.95. The molecule has 0 saturated carbocycles. The minimum Gasteiger partial charge on any atom is -0.478 e. The van der Waals surface area contributed by atoms with E-state index in [1.165, 1.54) is 0 Å². The first-order valence-electron chi connectivity index (χ1n) is 3.90. The maximum Gasteiger partial charge on any atom is 0.346 e. The lowest BCUT2D eigenvalue weighted by Crippen LogP contribution is -2.32. The van der Waals surface area contributed by atoms with Crippen LogP contribution in [-0.4, -0.2) is 15.6 Å². The van der Waals surface area contributed by atoms with Crippen molar-refractivity contribution in [2.45, 2.75) is 19.9 Å². The lowest BCUT2D eigenvalue weighted by atomic mass is 10.4. The van der Waals surface area contributed by atoms with Gasteiger partial charge in [-0.1, -0.05) is 6.92 Å². The maximum atomic E-state index is 10.4. The zero-order chi connectivity index (χ0) is 9.14. The van der Waals surface area contributed by atoms with Gasteiger partial charge in [0.15, 0.2) is 6.54 Å². The van der Waals surface area contributed by atoms with Gasteiger partial charge in [-0.05, 0) is 0 Å². The Hall–Kier alpha value is -1.32. The molecule has 0 amide bonds. The van der Waals surface area contributed by atoms with Crippen molar-refractivity contribution in [1.29, 1.82) is 0 Å². The highest BCUT2D eigenvalue weighted by Gasteiger charge is 2.13. The van der Waals surface area contributed by atoms with Crippen LogP contribution in [0.5, 0.6) is 0 Å². The van der Waals surface area contributed by atoms with Gasteiger partial charge in [0.2, 0.25) is 0 Å². The molecule has 0 aliphatic heterocycles. The third-order valence-corrected chi connectivity index (χ3v) is 1.83. The Kier molecular flexibility index (Phi) is 2.47. The molecule has 0 aliphatic rings. The molecule has 0 fully saturated rings. The number of nitrogens with zero attached hydrogens (tertiary/aromatic N) is 2. The quantitative estimate of drug-likeness (QED) is 0.645. The van der Waals surface area contributed by atoms with Crippen LogP contribution in [0.1, 0.15) is 12.7 Å². The van der Waals surface area contributed by atoms with E-state index in [1.54, 1.807) is 10.8 Å². The van der Waals surface area contributed by atoms with Crippen molar-refractivity contribution in [1.82, 2.24) is 4.57 Å². The number of imidazole rings is 1. The zero-order valence-electron chi connectivity index (χ0n) is 7.32. The minimum absolute atomic E-state index is 0.0456. The van der Waals surface area contributed by atoms with Gasteiger partial charge in [0.25, 0.3) is 5.82 Å². The van der Waals surface area contributed by atoms with E-state index in [0.29, 0.717) is 0 Å². The first-order chi connectivity index (χ1) is 5.65. The predicted molar refractivity (Wildman–Crippen MR) is 42.6 cm³/mol. The zero-order valence-corrected chi connectivity index (χ0v) is 7.32. The molecule has 0 saturated heterocycles. The van der Waals surface area contributed by atoms with Gasteiger partial charge in [-0.2, -0.15) is 0 Å². The molecule has 0 aromatic carbocycles. The molecule has 1 aromatic heterocycles. The Labute approximate surface area is 71.1 Å². The maximum absolute atomic E-state index is 10.4. The molecule has 12 heavy (non-hydrogen) atoms. The highest BCUT2D eigenvalue weighted by molar-refractivity contribution is 5.66. The third kappa shape index (κ3) is 1.64. The van der Waals surface area contributed by atoms with Crippen molar-refractivity contribution >= 4 is 5.97 Å². The van der Waals surface area contributed by atoms with Gasteiger partial charge in [0.1, 0.15) is 12.4 Å². The van der Waals surface area contributed by atoms with Gasteiger partial charge in [-0.3, -0.25) is 0 Å². The fraction of sp³-hybridized carbons (Fsp3) is 0.500. The number of carbonyl (C=O) groups is 1. The van der Waals surface area contributed by atoms with Crippen LogP contribution in [0.3, 0.4) is 0 Å². The molecular weight excluding hydrogens is 156 g/mol. The number of aliphatic carboxylic acids is 1. The van der Waals surface area contributed by atoms with E-state index in [1.807, 2.05) is 24.7 Å². The second-order valence-electron chi connectivity index (χ2n) is 2.70. The summed E-state index contributed by atoms with van der Waals surface area (Å²) in [4.78, 5) is 10.4. The fourth-order valence-electron chi connectivity index (χ4n) is 1.30. The molecule has 1 N–H and O–H groups in total. The second-order valence-corrected chi connectivity index (χ2v) is 2.70. The number of aryl methyl sites for hydroxylation is 1. The van der Waals surface area contributed by atoms with Crippen LogP contribution in [0.25, 0.3) is 0 Å². The molecule has 0 spiro atoms. The number of carboxylic acid groups (broad SMARTS) is 1. The smallest absolute Gasteiger partial charge is 0.346 e. The van der Waals surface area contributed by atoms with Crippen LogP contribution in [-0.2, 0) is 24.8 Å². The van der Waals surface area contributed by atoms with Gasteiger partial charge in [-0.25, -0.2) is 13.9 Å². The van der Waals surface area contributed by atoms with Gasteiger partial charge in [-0.15, -0.1) is 0 Å². The molecule has 1 rings (SSSR count). The van der Waals surface area contributed by atoms with Crippen molar-refractivity contribution in [2.24, 2.45) is 7.05 Å². The number of hydrogen-bond acceptors (Lipinski definition) is 1. The summed E-state index contributed by atoms with van der Waals surface area (Å²) in [6.45, 7) is 2.05. The summed E-state index contributed by atoms with van der Waals surface area (Å²) in [5.74, 6) is 0.221. The third-order valence-electron chi connectivity index (χ3n) is 1.83. The van der Waals surface area contributed by atoms with Gasteiger partial charge in [0, 0.05) is 6.42 Å². The SMILES string of the molecule is CCc1n(CC(=O)O)cc[n+]1C. The predicted octanol–water partition coefficient (Wildman–Crippen LogP) is -0.0404. The molecule has 4 nitrogen and oxygen atoms in total. The van der Waals surface area contributed by atoms with E-state index in [9.17, 15) is 4.79 Å². The number of hydrogen-bond donors (Lipinski definition) is 1. The summed E-state index contributed by atoms with van der Waals surface area (Å²) in [6, 6.07) is 0. The van der Waals surface area contributed by atoms with Crippen LogP contribution in [0, 0.1) is 0 Å². The largest absolute Gasteiger partial charge is 0.478 e. The highest BCUT2D eigenvalue weighted by atomic mass is 16.4. The van der Waals surface area contributed by atoms with Crippen molar-refractivity contribution in [3.05, 3.63) is 18.2 Å². The molecule has 1 aromatic rings. The Morgan fingerprint density at radius 3 is 2.92 bits per heavy atom. The van der Waals surface area contributed by atoms with E-state index in [0.717, 1.165) is 12.2 Å². The normalized spacial score (nSPS) is 10.2. The molecule has 0 radical (unpaired) electrons. The van der Waals surface area contributed by atoms with E-state index in [4.69, 9.17) is 5.11 Å². The van der Waals surface area contributed by atoms with E-state index < -0.39 is 5.97 Å². The van der Waals surface area contributed by atoms with Gasteiger partial charge < -0.3 is 5.11 Å². The molecule has 1 heterocycles. The first-order valence-corrected chi connectivity index (χ1v) is 3.90. The van der Waals surface area contributed by atoms with Gasteiger partial charge >= 0.3 is 5.97 Å². The summed E-state index contributed by atoms with van der Waals surface area (Å²) in [5, 5.41) is 8.57. The monoisotopic (exact) mass is 169 g/mol. The summed E-state index contributed by atoms with van der Waals surface area (Å²) >= 11 is 0. The van der Waals surface area contributed by atoms with Crippen LogP contribution < -0.4 is 4.57 Å². The Balaban J connectivity index is 2.91. The molecule has 0 unspecified atom stereocenters. The summed E-state index contributed by atoms with van der Waals surface area (Å²) in [5.41, 5.74) is 0. The molecule has 4 heteroatoms. The van der Waals surface area contributed by atoms with Crippen molar-refractivity contribution < 1.29 is 14.5 Å². The Bertz CT molecular complexity index is 291. The van der Waals surface area contributed by atoms with Crippen molar-refractivity contribution in [2.75, 3.05) is 0 Å². The first kappa shape index (κ1) is 8.77. The summed E-state index contributed by atoms with van der Waals surface area (Å²) < 4.78 is 3.67. The minimum atomic E-state index is -0.805. The molecule has 0 aliphatic carbocycles. The number of rotatable bonds is 3. The van der Waals surface area contributed by atoms with E-state index in [-0.39, 0.29) is 6.54 Å². The Morgan fingerprint density at radius 1 is 1.75 bits per heavy atom. The van der Waals surface area contributed by atoms with E-state index in [2.05, 4.69) is 0 Å². The summed E-state index contributed by atoms with van der Waals surface area (Å²) in [6.07, 6.45) is 4.49. The molecule has 66 valence electrons. The standard InChI is InChI=1S/C8H12N2O2/c1-3-7-9(2)4-5-10(7)6-8(11)12/h4-5H,3,6H2,1-2H3/p+1. The molecular formula is C8H13N2O2+. The van der Waals surface area contributed by atoms with Crippen molar-refractivity contribution in [3.8, 4) is 0 Å². The lowest BCUT2D eigenvalue weighted by Gasteiger charge is -1.95. The van der Waals surface area contributed by atoms with E-state index >= 15 is 0 Å². The molecule has 0 bridgehead atoms. The van der Waals surface area contributed by atoms with Crippen LogP contribution in [0.2, 0.25) is 0 Å². The topological polar surface area (TPSA) is 46.1 Å². The average Bonchev–Trinajstić information content (AvgIpc) is 2.30. The van der Waals surface area contributed by atoms with Crippen molar-refractivity contribution in [3.63, 3.8) is 0 Å². The van der Waals surface area contributed by atoms with Crippen LogP contribution in [0.4, 0.5) is 0 Å². The average molecular weight is 169 g/mol. The van der Waals surface area contributed by atoms with Gasteiger partial charge in [0.05, 0.1) is 7.05 Å². The van der Waals surface area contributed by atoms with Crippen LogP contribution >= 0.6 is 0 Å². The second kappa shape index (κ2) is 3.38. The van der Waals surface area contributed by atoms with Crippen LogP contribution in [0.15, 0.2) is 12.4 Å². The number of carboxylic acids is 1. The molecule has 0 atom stereocenters. The lowest BCUT2D eigenvalue weighted by molar-refractivity contribution is -0.678. The number of aromatic nitrogens is 2. The Morgan fingerprint density at radius 2 is 2.42 bits per heavy atom. The fourth-order valence-corrected chi connectivity index (χ4v) is 1.30.